The summed E-state index contributed by atoms with van der Waals surface area (Å²) in [5, 5.41) is 19.9. The van der Waals surface area contributed by atoms with Crippen molar-refractivity contribution in [3.63, 3.8) is 0 Å². The van der Waals surface area contributed by atoms with Crippen molar-refractivity contribution in [2.24, 2.45) is 0 Å². The van der Waals surface area contributed by atoms with Gasteiger partial charge in [-0.25, -0.2) is 0 Å². The maximum absolute atomic E-state index is 9.43. The van der Waals surface area contributed by atoms with Crippen LogP contribution in [0.5, 0.6) is 17.2 Å². The number of rotatable bonds is 3. The summed E-state index contributed by atoms with van der Waals surface area (Å²) < 4.78 is 6.66. The van der Waals surface area contributed by atoms with E-state index in [4.69, 9.17) is 4.74 Å². The van der Waals surface area contributed by atoms with Crippen molar-refractivity contribution >= 4 is 21.4 Å². The molecule has 0 saturated heterocycles. The molecule has 96 valence electrons. The molecule has 0 radical (unpaired) electrons. The van der Waals surface area contributed by atoms with Gasteiger partial charge in [0.15, 0.2) is 0 Å². The van der Waals surface area contributed by atoms with E-state index in [9.17, 15) is 10.2 Å². The van der Waals surface area contributed by atoms with Crippen LogP contribution in [0.25, 0.3) is 10.1 Å². The fourth-order valence-corrected chi connectivity index (χ4v) is 2.88. The second kappa shape index (κ2) is 4.82. The standard InChI is InChI=1S/C15H12O3S/c16-11-2-1-3-13(7-11)18-9-14-6-10-4-5-12(17)8-15(10)19-14/h1-8,16-17H,9H2. The van der Waals surface area contributed by atoms with Gasteiger partial charge in [0.05, 0.1) is 0 Å². The number of ether oxygens (including phenoxy) is 1. The maximum atomic E-state index is 9.43. The Morgan fingerprint density at radius 2 is 1.79 bits per heavy atom. The van der Waals surface area contributed by atoms with E-state index in [0.717, 1.165) is 15.0 Å². The van der Waals surface area contributed by atoms with E-state index < -0.39 is 0 Å². The number of hydrogen-bond donors (Lipinski definition) is 2. The van der Waals surface area contributed by atoms with Gasteiger partial charge in [-0.2, -0.15) is 0 Å². The van der Waals surface area contributed by atoms with Crippen molar-refractivity contribution in [2.75, 3.05) is 0 Å². The van der Waals surface area contributed by atoms with E-state index in [2.05, 4.69) is 0 Å². The smallest absolute Gasteiger partial charge is 0.123 e. The van der Waals surface area contributed by atoms with Gasteiger partial charge >= 0.3 is 0 Å². The Balaban J connectivity index is 1.78. The molecule has 0 spiro atoms. The molecule has 2 N–H and O–H groups in total. The lowest BCUT2D eigenvalue weighted by Crippen LogP contribution is -1.91. The molecule has 0 amide bonds. The van der Waals surface area contributed by atoms with E-state index >= 15 is 0 Å². The summed E-state index contributed by atoms with van der Waals surface area (Å²) in [6.07, 6.45) is 0. The minimum Gasteiger partial charge on any atom is -0.508 e. The largest absolute Gasteiger partial charge is 0.508 e. The molecule has 3 rings (SSSR count). The number of phenols is 2. The van der Waals surface area contributed by atoms with E-state index in [-0.39, 0.29) is 11.5 Å². The van der Waals surface area contributed by atoms with Gasteiger partial charge in [0.1, 0.15) is 23.9 Å². The van der Waals surface area contributed by atoms with Crippen molar-refractivity contribution in [1.82, 2.24) is 0 Å². The average molecular weight is 272 g/mol. The molecule has 0 aliphatic rings. The topological polar surface area (TPSA) is 49.7 Å². The van der Waals surface area contributed by atoms with Crippen LogP contribution >= 0.6 is 11.3 Å². The Kier molecular flexibility index (Phi) is 3.01. The number of phenolic OH excluding ortho intramolecular Hbond substituents is 2. The average Bonchev–Trinajstić information content (AvgIpc) is 2.78. The van der Waals surface area contributed by atoms with Crippen LogP contribution in [0.1, 0.15) is 4.88 Å². The summed E-state index contributed by atoms with van der Waals surface area (Å²) in [5.74, 6) is 1.11. The fraction of sp³-hybridized carbons (Fsp3) is 0.0667. The van der Waals surface area contributed by atoms with Crippen LogP contribution in [0.3, 0.4) is 0 Å². The predicted molar refractivity (Wildman–Crippen MR) is 75.9 cm³/mol. The first-order chi connectivity index (χ1) is 9.20. The third-order valence-corrected chi connectivity index (χ3v) is 3.82. The molecule has 3 nitrogen and oxygen atoms in total. The zero-order chi connectivity index (χ0) is 13.2. The molecule has 0 bridgehead atoms. The number of fused-ring (bicyclic) bond motifs is 1. The van der Waals surface area contributed by atoms with Crippen LogP contribution in [0, 0.1) is 0 Å². The highest BCUT2D eigenvalue weighted by molar-refractivity contribution is 7.19. The molecule has 0 aliphatic heterocycles. The first-order valence-electron chi connectivity index (χ1n) is 5.84. The molecular formula is C15H12O3S. The van der Waals surface area contributed by atoms with Gasteiger partial charge in [-0.15, -0.1) is 11.3 Å². The van der Waals surface area contributed by atoms with Gasteiger partial charge in [-0.1, -0.05) is 6.07 Å². The number of thiophene rings is 1. The van der Waals surface area contributed by atoms with Crippen LogP contribution in [-0.4, -0.2) is 10.2 Å². The first kappa shape index (κ1) is 11.9. The quantitative estimate of drug-likeness (QED) is 0.760. The van der Waals surface area contributed by atoms with Crippen LogP contribution in [-0.2, 0) is 6.61 Å². The van der Waals surface area contributed by atoms with E-state index in [1.54, 1.807) is 47.7 Å². The molecule has 1 heterocycles. The third-order valence-electron chi connectivity index (χ3n) is 2.75. The molecule has 2 aromatic carbocycles. The molecule has 0 saturated carbocycles. The Morgan fingerprint density at radius 1 is 0.947 bits per heavy atom. The monoisotopic (exact) mass is 272 g/mol. The molecular weight excluding hydrogens is 260 g/mol. The highest BCUT2D eigenvalue weighted by Gasteiger charge is 2.04. The SMILES string of the molecule is Oc1cccc(OCc2cc3ccc(O)cc3s2)c1. The lowest BCUT2D eigenvalue weighted by molar-refractivity contribution is 0.308. The maximum Gasteiger partial charge on any atom is 0.123 e. The van der Waals surface area contributed by atoms with Crippen LogP contribution in [0.15, 0.2) is 48.5 Å². The van der Waals surface area contributed by atoms with Crippen LogP contribution in [0.2, 0.25) is 0 Å². The van der Waals surface area contributed by atoms with Gasteiger partial charge < -0.3 is 14.9 Å². The van der Waals surface area contributed by atoms with E-state index in [1.165, 1.54) is 0 Å². The predicted octanol–water partition coefficient (Wildman–Crippen LogP) is 3.89. The lowest BCUT2D eigenvalue weighted by atomic mass is 10.2. The van der Waals surface area contributed by atoms with Gasteiger partial charge in [0, 0.05) is 15.6 Å². The second-order valence-corrected chi connectivity index (χ2v) is 5.39. The molecule has 0 atom stereocenters. The van der Waals surface area contributed by atoms with Crippen LogP contribution < -0.4 is 4.74 Å². The summed E-state index contributed by atoms with van der Waals surface area (Å²) in [5.41, 5.74) is 0. The Labute approximate surface area is 114 Å². The van der Waals surface area contributed by atoms with Crippen LogP contribution in [0.4, 0.5) is 0 Å². The summed E-state index contributed by atoms with van der Waals surface area (Å²) in [7, 11) is 0. The number of hydrogen-bond acceptors (Lipinski definition) is 4. The zero-order valence-corrected chi connectivity index (χ0v) is 10.9. The highest BCUT2D eigenvalue weighted by atomic mass is 32.1. The molecule has 0 fully saturated rings. The van der Waals surface area contributed by atoms with Gasteiger partial charge in [-0.3, -0.25) is 0 Å². The Morgan fingerprint density at radius 3 is 2.63 bits per heavy atom. The summed E-state index contributed by atoms with van der Waals surface area (Å²) in [4.78, 5) is 1.07. The van der Waals surface area contributed by atoms with E-state index in [1.807, 2.05) is 12.1 Å². The number of aromatic hydroxyl groups is 2. The second-order valence-electron chi connectivity index (χ2n) is 4.22. The number of benzene rings is 2. The Bertz CT molecular complexity index is 718. The highest BCUT2D eigenvalue weighted by Crippen LogP contribution is 2.29. The summed E-state index contributed by atoms with van der Waals surface area (Å²) >= 11 is 1.59. The minimum absolute atomic E-state index is 0.193. The van der Waals surface area contributed by atoms with Gasteiger partial charge in [0.2, 0.25) is 0 Å². The van der Waals surface area contributed by atoms with Crippen molar-refractivity contribution in [2.45, 2.75) is 6.61 Å². The van der Waals surface area contributed by atoms with Crippen molar-refractivity contribution in [1.29, 1.82) is 0 Å². The fourth-order valence-electron chi connectivity index (χ4n) is 1.87. The molecule has 19 heavy (non-hydrogen) atoms. The normalized spacial score (nSPS) is 10.7. The molecule has 0 unspecified atom stereocenters. The van der Waals surface area contributed by atoms with Crippen molar-refractivity contribution in [3.8, 4) is 17.2 Å². The molecule has 3 aromatic rings. The molecule has 0 aliphatic carbocycles. The van der Waals surface area contributed by atoms with Crippen molar-refractivity contribution in [3.05, 3.63) is 53.4 Å². The van der Waals surface area contributed by atoms with Gasteiger partial charge in [-0.05, 0) is 41.8 Å². The van der Waals surface area contributed by atoms with Gasteiger partial charge in [0.25, 0.3) is 0 Å². The lowest BCUT2D eigenvalue weighted by Gasteiger charge is -2.04. The molecule has 4 heteroatoms. The minimum atomic E-state index is 0.193. The van der Waals surface area contributed by atoms with E-state index in [0.29, 0.717) is 12.4 Å². The molecule has 1 aromatic heterocycles. The third kappa shape index (κ3) is 2.63. The Hall–Kier alpha value is -2.20. The van der Waals surface area contributed by atoms with Crippen molar-refractivity contribution < 1.29 is 14.9 Å². The zero-order valence-electron chi connectivity index (χ0n) is 10.0. The first-order valence-corrected chi connectivity index (χ1v) is 6.66. The summed E-state index contributed by atoms with van der Waals surface area (Å²) in [6.45, 7) is 0.448. The summed E-state index contributed by atoms with van der Waals surface area (Å²) in [6, 6.07) is 14.1.